The number of aryl methyl sites for hydroxylation is 1. The summed E-state index contributed by atoms with van der Waals surface area (Å²) in [6, 6.07) is 12.1. The molecule has 1 amide bonds. The molecular formula is C20H17ClFN3O2. The first-order valence-electron chi connectivity index (χ1n) is 8.73. The average molecular weight is 386 g/mol. The third-order valence-electron chi connectivity index (χ3n) is 4.74. The van der Waals surface area contributed by atoms with Gasteiger partial charge in [0, 0.05) is 29.5 Å². The Labute approximate surface area is 160 Å². The molecule has 1 atom stereocenters. The minimum atomic E-state index is -0.488. The second kappa shape index (κ2) is 7.12. The van der Waals surface area contributed by atoms with Gasteiger partial charge in [-0.3, -0.25) is 4.79 Å². The van der Waals surface area contributed by atoms with Crippen molar-refractivity contribution in [1.29, 1.82) is 0 Å². The van der Waals surface area contributed by atoms with E-state index in [0.29, 0.717) is 16.7 Å². The first kappa shape index (κ1) is 17.7. The van der Waals surface area contributed by atoms with Crippen LogP contribution in [0.1, 0.15) is 30.7 Å². The van der Waals surface area contributed by atoms with Gasteiger partial charge in [0.25, 0.3) is 5.89 Å². The lowest BCUT2D eigenvalue weighted by Gasteiger charge is -2.17. The van der Waals surface area contributed by atoms with Crippen LogP contribution >= 0.6 is 11.6 Å². The highest BCUT2D eigenvalue weighted by Crippen LogP contribution is 2.34. The topological polar surface area (TPSA) is 59.2 Å². The van der Waals surface area contributed by atoms with E-state index >= 15 is 0 Å². The van der Waals surface area contributed by atoms with E-state index in [1.54, 1.807) is 0 Å². The van der Waals surface area contributed by atoms with E-state index in [1.165, 1.54) is 28.7 Å². The summed E-state index contributed by atoms with van der Waals surface area (Å²) in [5.41, 5.74) is 2.22. The van der Waals surface area contributed by atoms with Crippen molar-refractivity contribution in [2.45, 2.75) is 25.7 Å². The first-order chi connectivity index (χ1) is 13.0. The summed E-state index contributed by atoms with van der Waals surface area (Å²) >= 11 is 5.94. The van der Waals surface area contributed by atoms with Crippen LogP contribution in [0.4, 0.5) is 10.1 Å². The number of aromatic nitrogens is 2. The number of amides is 1. The van der Waals surface area contributed by atoms with Crippen LogP contribution in [-0.4, -0.2) is 22.6 Å². The quantitative estimate of drug-likeness (QED) is 0.658. The van der Waals surface area contributed by atoms with E-state index < -0.39 is 5.82 Å². The number of nitrogens with zero attached hydrogens (tertiary/aromatic N) is 3. The van der Waals surface area contributed by atoms with Gasteiger partial charge in [0.2, 0.25) is 5.91 Å². The van der Waals surface area contributed by atoms with Crippen LogP contribution in [0.3, 0.4) is 0 Å². The molecule has 1 saturated heterocycles. The molecule has 4 rings (SSSR count). The first-order valence-corrected chi connectivity index (χ1v) is 9.11. The molecule has 1 aliphatic heterocycles. The number of benzene rings is 2. The van der Waals surface area contributed by atoms with Crippen LogP contribution in [-0.2, 0) is 11.2 Å². The van der Waals surface area contributed by atoms with Crippen LogP contribution in [0.5, 0.6) is 0 Å². The SMILES string of the molecule is CCc1ccc(-c2nc(C3CC(=O)N(c4cc(Cl)ccc4F)C3)no2)cc1. The number of carbonyl (C=O) groups excluding carboxylic acids is 1. The standard InChI is InChI=1S/C20H17ClFN3O2/c1-2-12-3-5-13(6-4-12)20-23-19(24-27-20)14-9-18(26)25(11-14)17-10-15(21)7-8-16(17)22/h3-8,10,14H,2,9,11H2,1H3. The lowest BCUT2D eigenvalue weighted by molar-refractivity contribution is -0.117. The molecule has 27 heavy (non-hydrogen) atoms. The monoisotopic (exact) mass is 385 g/mol. The molecule has 1 aromatic heterocycles. The normalized spacial score (nSPS) is 16.9. The lowest BCUT2D eigenvalue weighted by Crippen LogP contribution is -2.25. The van der Waals surface area contributed by atoms with Crippen LogP contribution in [0.2, 0.25) is 5.02 Å². The third kappa shape index (κ3) is 3.45. The maximum atomic E-state index is 14.1. The Hall–Kier alpha value is -2.73. The fourth-order valence-corrected chi connectivity index (χ4v) is 3.37. The molecule has 3 aromatic rings. The second-order valence-corrected chi connectivity index (χ2v) is 6.95. The summed E-state index contributed by atoms with van der Waals surface area (Å²) in [5, 5.41) is 4.41. The zero-order chi connectivity index (χ0) is 19.0. The molecule has 0 saturated carbocycles. The van der Waals surface area contributed by atoms with Gasteiger partial charge >= 0.3 is 0 Å². The Morgan fingerprint density at radius 2 is 2.04 bits per heavy atom. The summed E-state index contributed by atoms with van der Waals surface area (Å²) < 4.78 is 19.5. The van der Waals surface area contributed by atoms with Gasteiger partial charge < -0.3 is 9.42 Å². The molecule has 2 aromatic carbocycles. The van der Waals surface area contributed by atoms with Gasteiger partial charge in [0.15, 0.2) is 5.82 Å². The molecule has 1 fully saturated rings. The molecule has 5 nitrogen and oxygen atoms in total. The molecule has 0 radical (unpaired) electrons. The van der Waals surface area contributed by atoms with Crippen LogP contribution in [0.25, 0.3) is 11.5 Å². The van der Waals surface area contributed by atoms with Gasteiger partial charge in [-0.25, -0.2) is 4.39 Å². The Morgan fingerprint density at radius 3 is 2.78 bits per heavy atom. The van der Waals surface area contributed by atoms with Crippen LogP contribution < -0.4 is 4.90 Å². The number of carbonyl (C=O) groups is 1. The number of rotatable bonds is 4. The van der Waals surface area contributed by atoms with E-state index in [2.05, 4.69) is 17.1 Å². The van der Waals surface area contributed by atoms with Gasteiger partial charge in [-0.2, -0.15) is 4.98 Å². The van der Waals surface area contributed by atoms with Crippen LogP contribution in [0, 0.1) is 5.82 Å². The van der Waals surface area contributed by atoms with E-state index in [1.807, 2.05) is 24.3 Å². The number of hydrogen-bond acceptors (Lipinski definition) is 4. The van der Waals surface area contributed by atoms with Crippen molar-refractivity contribution in [1.82, 2.24) is 10.1 Å². The van der Waals surface area contributed by atoms with E-state index in [9.17, 15) is 9.18 Å². The summed E-state index contributed by atoms with van der Waals surface area (Å²) in [5.74, 6) is -0.0864. The van der Waals surface area contributed by atoms with Gasteiger partial charge in [-0.15, -0.1) is 0 Å². The number of hydrogen-bond donors (Lipinski definition) is 0. The highest BCUT2D eigenvalue weighted by Gasteiger charge is 2.35. The minimum Gasteiger partial charge on any atom is -0.334 e. The Bertz CT molecular complexity index is 987. The minimum absolute atomic E-state index is 0.175. The van der Waals surface area contributed by atoms with Crippen molar-refractivity contribution >= 4 is 23.2 Å². The fourth-order valence-electron chi connectivity index (χ4n) is 3.21. The smallest absolute Gasteiger partial charge is 0.257 e. The predicted molar refractivity (Wildman–Crippen MR) is 100 cm³/mol. The van der Waals surface area contributed by atoms with E-state index in [4.69, 9.17) is 16.1 Å². The molecule has 0 spiro atoms. The maximum absolute atomic E-state index is 14.1. The molecular weight excluding hydrogens is 369 g/mol. The summed E-state index contributed by atoms with van der Waals surface area (Å²) in [6.45, 7) is 2.37. The average Bonchev–Trinajstić information content (AvgIpc) is 3.31. The van der Waals surface area contributed by atoms with Crippen molar-refractivity contribution < 1.29 is 13.7 Å². The lowest BCUT2D eigenvalue weighted by atomic mass is 10.1. The van der Waals surface area contributed by atoms with Crippen molar-refractivity contribution in [3.05, 3.63) is 64.7 Å². The summed E-state index contributed by atoms with van der Waals surface area (Å²) in [7, 11) is 0. The Morgan fingerprint density at radius 1 is 1.26 bits per heavy atom. The molecule has 1 aliphatic rings. The van der Waals surface area contributed by atoms with Gasteiger partial charge in [0.1, 0.15) is 5.82 Å². The molecule has 1 unspecified atom stereocenters. The fraction of sp³-hybridized carbons (Fsp3) is 0.250. The Balaban J connectivity index is 1.56. The third-order valence-corrected chi connectivity index (χ3v) is 4.98. The van der Waals surface area contributed by atoms with Crippen molar-refractivity contribution in [3.8, 4) is 11.5 Å². The summed E-state index contributed by atoms with van der Waals surface area (Å²) in [4.78, 5) is 18.2. The molecule has 2 heterocycles. The zero-order valence-corrected chi connectivity index (χ0v) is 15.4. The van der Waals surface area contributed by atoms with E-state index in [0.717, 1.165) is 12.0 Å². The predicted octanol–water partition coefficient (Wildman–Crippen LogP) is 4.61. The molecule has 0 bridgehead atoms. The molecule has 0 N–H and O–H groups in total. The van der Waals surface area contributed by atoms with Crippen molar-refractivity contribution in [2.24, 2.45) is 0 Å². The molecule has 0 aliphatic carbocycles. The Kier molecular flexibility index (Phi) is 4.66. The van der Waals surface area contributed by atoms with Gasteiger partial charge in [0.05, 0.1) is 5.69 Å². The van der Waals surface area contributed by atoms with Crippen molar-refractivity contribution in [2.75, 3.05) is 11.4 Å². The highest BCUT2D eigenvalue weighted by molar-refractivity contribution is 6.31. The van der Waals surface area contributed by atoms with E-state index in [-0.39, 0.29) is 30.5 Å². The number of anilines is 1. The number of halogens is 2. The molecule has 138 valence electrons. The highest BCUT2D eigenvalue weighted by atomic mass is 35.5. The van der Waals surface area contributed by atoms with Gasteiger partial charge in [-0.05, 0) is 42.3 Å². The van der Waals surface area contributed by atoms with Crippen LogP contribution in [0.15, 0.2) is 47.0 Å². The van der Waals surface area contributed by atoms with Crippen molar-refractivity contribution in [3.63, 3.8) is 0 Å². The maximum Gasteiger partial charge on any atom is 0.257 e. The largest absolute Gasteiger partial charge is 0.334 e. The van der Waals surface area contributed by atoms with Gasteiger partial charge in [-0.1, -0.05) is 35.8 Å². The second-order valence-electron chi connectivity index (χ2n) is 6.51. The summed E-state index contributed by atoms with van der Waals surface area (Å²) in [6.07, 6.45) is 1.15. The zero-order valence-electron chi connectivity index (χ0n) is 14.7. The molecule has 7 heteroatoms.